The average Bonchev–Trinajstić information content (AvgIpc) is 3.42. The van der Waals surface area contributed by atoms with E-state index in [2.05, 4.69) is 15.3 Å². The molecule has 1 aromatic carbocycles. The van der Waals surface area contributed by atoms with Gasteiger partial charge in [0.2, 0.25) is 0 Å². The number of para-hydroxylation sites is 2. The van der Waals surface area contributed by atoms with Crippen LogP contribution < -0.4 is 10.1 Å². The SMILES string of the molecule is COc1ccccc1-n1cc(C(=O)NC2COCC2N2CCCC2)cn1. The van der Waals surface area contributed by atoms with Crippen molar-refractivity contribution < 1.29 is 14.3 Å². The molecule has 1 amide bonds. The predicted molar refractivity (Wildman–Crippen MR) is 96.8 cm³/mol. The first kappa shape index (κ1) is 17.1. The minimum absolute atomic E-state index is 0.0233. The van der Waals surface area contributed by atoms with Crippen molar-refractivity contribution in [2.75, 3.05) is 33.4 Å². The molecule has 2 fully saturated rings. The highest BCUT2D eigenvalue weighted by molar-refractivity contribution is 5.94. The van der Waals surface area contributed by atoms with Gasteiger partial charge in [0.15, 0.2) is 0 Å². The molecule has 0 saturated carbocycles. The molecule has 7 heteroatoms. The number of hydrogen-bond donors (Lipinski definition) is 1. The van der Waals surface area contributed by atoms with Gasteiger partial charge in [-0.25, -0.2) is 4.68 Å². The molecule has 2 aliphatic rings. The molecule has 4 rings (SSSR count). The van der Waals surface area contributed by atoms with Gasteiger partial charge < -0.3 is 14.8 Å². The Kier molecular flexibility index (Phi) is 4.90. The number of likely N-dealkylation sites (tertiary alicyclic amines) is 1. The van der Waals surface area contributed by atoms with Gasteiger partial charge in [0.05, 0.1) is 44.2 Å². The zero-order valence-electron chi connectivity index (χ0n) is 14.9. The second kappa shape index (κ2) is 7.47. The van der Waals surface area contributed by atoms with Crippen molar-refractivity contribution in [3.05, 3.63) is 42.2 Å². The van der Waals surface area contributed by atoms with Gasteiger partial charge in [0.1, 0.15) is 11.4 Å². The highest BCUT2D eigenvalue weighted by Gasteiger charge is 2.35. The number of carbonyl (C=O) groups excluding carboxylic acids is 1. The Hall–Kier alpha value is -2.38. The van der Waals surface area contributed by atoms with Crippen molar-refractivity contribution in [1.29, 1.82) is 0 Å². The molecular formula is C19H24N4O3. The molecule has 2 saturated heterocycles. The molecule has 1 N–H and O–H groups in total. The van der Waals surface area contributed by atoms with Gasteiger partial charge >= 0.3 is 0 Å². The largest absolute Gasteiger partial charge is 0.494 e. The highest BCUT2D eigenvalue weighted by Crippen LogP contribution is 2.22. The van der Waals surface area contributed by atoms with Crippen LogP contribution in [0.4, 0.5) is 0 Å². The van der Waals surface area contributed by atoms with Crippen LogP contribution in [-0.2, 0) is 4.74 Å². The van der Waals surface area contributed by atoms with E-state index >= 15 is 0 Å². The van der Waals surface area contributed by atoms with Crippen molar-refractivity contribution >= 4 is 5.91 Å². The number of methoxy groups -OCH3 is 1. The molecule has 2 aromatic rings. The van der Waals surface area contributed by atoms with Crippen molar-refractivity contribution in [2.24, 2.45) is 0 Å². The molecule has 7 nitrogen and oxygen atoms in total. The topological polar surface area (TPSA) is 68.6 Å². The molecule has 2 atom stereocenters. The minimum atomic E-state index is -0.120. The Morgan fingerprint density at radius 1 is 1.27 bits per heavy atom. The molecule has 0 bridgehead atoms. The first-order valence-electron chi connectivity index (χ1n) is 9.07. The fourth-order valence-corrected chi connectivity index (χ4v) is 3.76. The average molecular weight is 356 g/mol. The number of aromatic nitrogens is 2. The summed E-state index contributed by atoms with van der Waals surface area (Å²) in [5, 5.41) is 7.45. The molecule has 0 radical (unpaired) electrons. The van der Waals surface area contributed by atoms with Crippen LogP contribution in [0.2, 0.25) is 0 Å². The summed E-state index contributed by atoms with van der Waals surface area (Å²) in [6.45, 7) is 3.43. The number of nitrogens with zero attached hydrogens (tertiary/aromatic N) is 3. The van der Waals surface area contributed by atoms with Crippen LogP contribution in [0.3, 0.4) is 0 Å². The van der Waals surface area contributed by atoms with Gasteiger partial charge in [-0.1, -0.05) is 12.1 Å². The molecule has 2 aliphatic heterocycles. The van der Waals surface area contributed by atoms with Gasteiger partial charge in [0.25, 0.3) is 5.91 Å². The van der Waals surface area contributed by atoms with Crippen molar-refractivity contribution in [3.63, 3.8) is 0 Å². The van der Waals surface area contributed by atoms with E-state index < -0.39 is 0 Å². The zero-order valence-corrected chi connectivity index (χ0v) is 14.9. The van der Waals surface area contributed by atoms with Gasteiger partial charge in [-0.05, 0) is 38.1 Å². The summed E-state index contributed by atoms with van der Waals surface area (Å²) in [4.78, 5) is 15.1. The molecular weight excluding hydrogens is 332 g/mol. The van der Waals surface area contributed by atoms with E-state index in [-0.39, 0.29) is 18.0 Å². The first-order valence-corrected chi connectivity index (χ1v) is 9.07. The molecule has 26 heavy (non-hydrogen) atoms. The summed E-state index contributed by atoms with van der Waals surface area (Å²) >= 11 is 0. The Balaban J connectivity index is 1.46. The number of nitrogens with one attached hydrogen (secondary N) is 1. The Morgan fingerprint density at radius 2 is 2.08 bits per heavy atom. The standard InChI is InChI=1S/C19H24N4O3/c1-25-18-7-3-2-6-16(18)23-11-14(10-20-23)19(24)21-15-12-26-13-17(15)22-8-4-5-9-22/h2-3,6-7,10-11,15,17H,4-5,8-9,12-13H2,1H3,(H,21,24). The maximum atomic E-state index is 12.7. The van der Waals surface area contributed by atoms with Crippen LogP contribution in [-0.4, -0.2) is 66.1 Å². The lowest BCUT2D eigenvalue weighted by Crippen LogP contribution is -2.50. The lowest BCUT2D eigenvalue weighted by Gasteiger charge is -2.27. The van der Waals surface area contributed by atoms with E-state index in [4.69, 9.17) is 9.47 Å². The lowest BCUT2D eigenvalue weighted by atomic mass is 10.1. The minimum Gasteiger partial charge on any atom is -0.494 e. The quantitative estimate of drug-likeness (QED) is 0.879. The first-order chi connectivity index (χ1) is 12.8. The molecule has 2 unspecified atom stereocenters. The molecule has 3 heterocycles. The smallest absolute Gasteiger partial charge is 0.254 e. The Morgan fingerprint density at radius 3 is 2.88 bits per heavy atom. The second-order valence-corrected chi connectivity index (χ2v) is 6.77. The van der Waals surface area contributed by atoms with Crippen LogP contribution in [0.5, 0.6) is 5.75 Å². The lowest BCUT2D eigenvalue weighted by molar-refractivity contribution is 0.0916. The fraction of sp³-hybridized carbons (Fsp3) is 0.474. The van der Waals surface area contributed by atoms with E-state index in [0.29, 0.717) is 24.5 Å². The van der Waals surface area contributed by atoms with E-state index in [1.54, 1.807) is 24.2 Å². The highest BCUT2D eigenvalue weighted by atomic mass is 16.5. The molecule has 1 aromatic heterocycles. The zero-order chi connectivity index (χ0) is 17.9. The van der Waals surface area contributed by atoms with Gasteiger partial charge in [-0.3, -0.25) is 9.69 Å². The third-order valence-corrected chi connectivity index (χ3v) is 5.15. The summed E-state index contributed by atoms with van der Waals surface area (Å²) in [7, 11) is 1.62. The number of rotatable bonds is 5. The van der Waals surface area contributed by atoms with E-state index in [1.165, 1.54) is 12.8 Å². The molecule has 138 valence electrons. The number of ether oxygens (including phenoxy) is 2. The number of benzene rings is 1. The second-order valence-electron chi connectivity index (χ2n) is 6.77. The third kappa shape index (κ3) is 3.32. The third-order valence-electron chi connectivity index (χ3n) is 5.15. The van der Waals surface area contributed by atoms with Gasteiger partial charge in [-0.15, -0.1) is 0 Å². The van der Waals surface area contributed by atoms with Crippen LogP contribution in [0.1, 0.15) is 23.2 Å². The fourth-order valence-electron chi connectivity index (χ4n) is 3.76. The van der Waals surface area contributed by atoms with E-state index in [9.17, 15) is 4.79 Å². The summed E-state index contributed by atoms with van der Waals surface area (Å²) in [6.07, 6.45) is 5.77. The van der Waals surface area contributed by atoms with Crippen LogP contribution >= 0.6 is 0 Å². The summed E-state index contributed by atoms with van der Waals surface area (Å²) < 4.78 is 12.7. The van der Waals surface area contributed by atoms with Crippen LogP contribution in [0.25, 0.3) is 5.69 Å². The van der Waals surface area contributed by atoms with E-state index in [1.807, 2.05) is 24.3 Å². The predicted octanol–water partition coefficient (Wildman–Crippen LogP) is 1.47. The normalized spacial score (nSPS) is 23.3. The molecule has 0 aliphatic carbocycles. The van der Waals surface area contributed by atoms with Crippen molar-refractivity contribution in [3.8, 4) is 11.4 Å². The monoisotopic (exact) mass is 356 g/mol. The maximum absolute atomic E-state index is 12.7. The van der Waals surface area contributed by atoms with Crippen LogP contribution in [0.15, 0.2) is 36.7 Å². The Bertz CT molecular complexity index is 770. The van der Waals surface area contributed by atoms with Crippen molar-refractivity contribution in [2.45, 2.75) is 24.9 Å². The maximum Gasteiger partial charge on any atom is 0.254 e. The number of carbonyl (C=O) groups is 1. The summed E-state index contributed by atoms with van der Waals surface area (Å²) in [6, 6.07) is 7.88. The van der Waals surface area contributed by atoms with Crippen molar-refractivity contribution in [1.82, 2.24) is 20.0 Å². The summed E-state index contributed by atoms with van der Waals surface area (Å²) in [5.41, 5.74) is 1.33. The Labute approximate surface area is 152 Å². The molecule has 0 spiro atoms. The summed E-state index contributed by atoms with van der Waals surface area (Å²) in [5.74, 6) is 0.590. The number of hydrogen-bond acceptors (Lipinski definition) is 5. The number of amides is 1. The van der Waals surface area contributed by atoms with Gasteiger partial charge in [0, 0.05) is 6.20 Å². The van der Waals surface area contributed by atoms with Gasteiger partial charge in [-0.2, -0.15) is 5.10 Å². The van der Waals surface area contributed by atoms with Crippen LogP contribution in [0, 0.1) is 0 Å². The van der Waals surface area contributed by atoms with E-state index in [0.717, 1.165) is 18.8 Å².